The van der Waals surface area contributed by atoms with Gasteiger partial charge in [0.05, 0.1) is 6.10 Å². The first kappa shape index (κ1) is 17.6. The summed E-state index contributed by atoms with van der Waals surface area (Å²) in [4.78, 5) is 0. The molecule has 0 aliphatic rings. The van der Waals surface area contributed by atoms with Gasteiger partial charge in [0, 0.05) is 12.6 Å². The molecule has 0 bridgehead atoms. The highest BCUT2D eigenvalue weighted by Gasteiger charge is 2.09. The van der Waals surface area contributed by atoms with E-state index in [1.54, 1.807) is 0 Å². The molecule has 124 valence electrons. The van der Waals surface area contributed by atoms with Gasteiger partial charge in [0.1, 0.15) is 5.75 Å². The van der Waals surface area contributed by atoms with Gasteiger partial charge in [-0.2, -0.15) is 0 Å². The zero-order chi connectivity index (χ0) is 16.7. The Morgan fingerprint density at radius 3 is 2.35 bits per heavy atom. The van der Waals surface area contributed by atoms with E-state index in [0.29, 0.717) is 6.04 Å². The van der Waals surface area contributed by atoms with E-state index in [4.69, 9.17) is 4.74 Å². The first-order valence-electron chi connectivity index (χ1n) is 8.68. The van der Waals surface area contributed by atoms with Gasteiger partial charge in [-0.15, -0.1) is 0 Å². The molecule has 2 rings (SSSR count). The van der Waals surface area contributed by atoms with Gasteiger partial charge in [-0.25, -0.2) is 0 Å². The Morgan fingerprint density at radius 2 is 1.74 bits per heavy atom. The molecule has 2 atom stereocenters. The number of hydrogen-bond donors (Lipinski definition) is 1. The maximum absolute atomic E-state index is 5.85. The second-order valence-corrected chi connectivity index (χ2v) is 6.24. The van der Waals surface area contributed by atoms with Crippen molar-refractivity contribution >= 4 is 0 Å². The predicted octanol–water partition coefficient (Wildman–Crippen LogP) is 5.41. The minimum atomic E-state index is 0.266. The molecular formula is C21H29NO. The highest BCUT2D eigenvalue weighted by Crippen LogP contribution is 2.22. The van der Waals surface area contributed by atoms with Gasteiger partial charge >= 0.3 is 0 Å². The second kappa shape index (κ2) is 8.73. The Kier molecular flexibility index (Phi) is 6.66. The van der Waals surface area contributed by atoms with Crippen LogP contribution in [0, 0.1) is 6.92 Å². The fraction of sp³-hybridized carbons (Fsp3) is 0.429. The van der Waals surface area contributed by atoms with Crippen LogP contribution >= 0.6 is 0 Å². The van der Waals surface area contributed by atoms with Crippen LogP contribution in [-0.2, 0) is 6.54 Å². The molecule has 2 aromatic rings. The molecule has 2 nitrogen and oxygen atoms in total. The van der Waals surface area contributed by atoms with E-state index < -0.39 is 0 Å². The molecule has 0 aromatic heterocycles. The van der Waals surface area contributed by atoms with E-state index in [9.17, 15) is 0 Å². The van der Waals surface area contributed by atoms with Gasteiger partial charge in [-0.3, -0.25) is 0 Å². The average molecular weight is 311 g/mol. The van der Waals surface area contributed by atoms with Crippen LogP contribution in [0.2, 0.25) is 0 Å². The molecule has 0 heterocycles. The highest BCUT2D eigenvalue weighted by atomic mass is 16.5. The molecule has 0 saturated heterocycles. The predicted molar refractivity (Wildman–Crippen MR) is 97.9 cm³/mol. The third kappa shape index (κ3) is 5.40. The number of rotatable bonds is 8. The van der Waals surface area contributed by atoms with Gasteiger partial charge in [0.25, 0.3) is 0 Å². The third-order valence-corrected chi connectivity index (χ3v) is 4.24. The first-order chi connectivity index (χ1) is 11.1. The summed E-state index contributed by atoms with van der Waals surface area (Å²) in [5, 5.41) is 3.66. The fourth-order valence-electron chi connectivity index (χ4n) is 2.66. The fourth-order valence-corrected chi connectivity index (χ4v) is 2.66. The summed E-state index contributed by atoms with van der Waals surface area (Å²) in [5.41, 5.74) is 3.96. The molecule has 23 heavy (non-hydrogen) atoms. The van der Waals surface area contributed by atoms with E-state index in [1.807, 2.05) is 0 Å². The van der Waals surface area contributed by atoms with Crippen LogP contribution in [0.25, 0.3) is 0 Å². The summed E-state index contributed by atoms with van der Waals surface area (Å²) in [6.45, 7) is 9.49. The van der Waals surface area contributed by atoms with Crippen molar-refractivity contribution in [1.82, 2.24) is 5.32 Å². The molecule has 2 unspecified atom stereocenters. The summed E-state index contributed by atoms with van der Waals surface area (Å²) in [6.07, 6.45) is 2.36. The van der Waals surface area contributed by atoms with E-state index in [0.717, 1.165) is 25.1 Å². The lowest BCUT2D eigenvalue weighted by molar-refractivity contribution is 0.217. The highest BCUT2D eigenvalue weighted by molar-refractivity contribution is 5.29. The lowest BCUT2D eigenvalue weighted by Gasteiger charge is -2.19. The zero-order valence-electron chi connectivity index (χ0n) is 14.8. The Bertz CT molecular complexity index is 591. The van der Waals surface area contributed by atoms with E-state index in [1.165, 1.54) is 16.7 Å². The van der Waals surface area contributed by atoms with Crippen molar-refractivity contribution in [1.29, 1.82) is 0 Å². The number of ether oxygens (including phenoxy) is 1. The van der Waals surface area contributed by atoms with Crippen LogP contribution in [-0.4, -0.2) is 6.10 Å². The first-order valence-corrected chi connectivity index (χ1v) is 8.68. The summed E-state index contributed by atoms with van der Waals surface area (Å²) in [6, 6.07) is 17.6. The Hall–Kier alpha value is -1.80. The summed E-state index contributed by atoms with van der Waals surface area (Å²) in [7, 11) is 0. The molecule has 2 heteroatoms. The third-order valence-electron chi connectivity index (χ3n) is 4.24. The summed E-state index contributed by atoms with van der Waals surface area (Å²) < 4.78 is 5.85. The number of hydrogen-bond acceptors (Lipinski definition) is 2. The minimum absolute atomic E-state index is 0.266. The zero-order valence-corrected chi connectivity index (χ0v) is 14.8. The largest absolute Gasteiger partial charge is 0.491 e. The van der Waals surface area contributed by atoms with Gasteiger partial charge < -0.3 is 10.1 Å². The molecule has 2 aromatic carbocycles. The normalized spacial score (nSPS) is 13.6. The van der Waals surface area contributed by atoms with Crippen molar-refractivity contribution in [2.45, 2.75) is 59.2 Å². The van der Waals surface area contributed by atoms with Crippen LogP contribution in [0.3, 0.4) is 0 Å². The lowest BCUT2D eigenvalue weighted by atomic mass is 10.0. The molecule has 0 amide bonds. The average Bonchev–Trinajstić information content (AvgIpc) is 2.56. The maximum Gasteiger partial charge on any atom is 0.119 e. The molecule has 0 radical (unpaired) electrons. The molecular weight excluding hydrogens is 282 g/mol. The van der Waals surface area contributed by atoms with Gasteiger partial charge in [0.15, 0.2) is 0 Å². The van der Waals surface area contributed by atoms with E-state index in [-0.39, 0.29) is 6.10 Å². The van der Waals surface area contributed by atoms with Gasteiger partial charge in [-0.1, -0.05) is 55.8 Å². The molecule has 0 spiro atoms. The number of nitrogens with one attached hydrogen (secondary N) is 1. The van der Waals surface area contributed by atoms with Crippen molar-refractivity contribution in [3.63, 3.8) is 0 Å². The van der Waals surface area contributed by atoms with Crippen molar-refractivity contribution in [3.8, 4) is 5.75 Å². The molecule has 1 N–H and O–H groups in total. The van der Waals surface area contributed by atoms with Crippen LogP contribution < -0.4 is 10.1 Å². The molecule has 0 aliphatic heterocycles. The summed E-state index contributed by atoms with van der Waals surface area (Å²) in [5.74, 6) is 0.955. The number of benzene rings is 2. The molecule has 0 aliphatic carbocycles. The monoisotopic (exact) mass is 311 g/mol. The van der Waals surface area contributed by atoms with Gasteiger partial charge in [-0.05, 0) is 49.9 Å². The quantitative estimate of drug-likeness (QED) is 0.703. The standard InChI is InChI=1S/C21H29NO/c1-5-17(4)23-20-12-10-19(11-13-20)21(6-2)22-15-18-9-7-8-16(3)14-18/h7-14,17,21-22H,5-6,15H2,1-4H3. The van der Waals surface area contributed by atoms with Gasteiger partial charge in [0.2, 0.25) is 0 Å². The van der Waals surface area contributed by atoms with Crippen molar-refractivity contribution in [3.05, 3.63) is 65.2 Å². The lowest BCUT2D eigenvalue weighted by Crippen LogP contribution is -2.20. The summed E-state index contributed by atoms with van der Waals surface area (Å²) >= 11 is 0. The van der Waals surface area contributed by atoms with E-state index in [2.05, 4.69) is 81.5 Å². The van der Waals surface area contributed by atoms with Crippen LogP contribution in [0.1, 0.15) is 56.3 Å². The molecule has 0 fully saturated rings. The van der Waals surface area contributed by atoms with Crippen LogP contribution in [0.15, 0.2) is 48.5 Å². The Labute approximate surface area is 140 Å². The maximum atomic E-state index is 5.85. The van der Waals surface area contributed by atoms with Crippen LogP contribution in [0.4, 0.5) is 0 Å². The second-order valence-electron chi connectivity index (χ2n) is 6.24. The topological polar surface area (TPSA) is 21.3 Å². The van der Waals surface area contributed by atoms with E-state index >= 15 is 0 Å². The minimum Gasteiger partial charge on any atom is -0.491 e. The SMILES string of the molecule is CCC(C)Oc1ccc(C(CC)NCc2cccc(C)c2)cc1. The van der Waals surface area contributed by atoms with Crippen molar-refractivity contribution in [2.75, 3.05) is 0 Å². The van der Waals surface area contributed by atoms with Crippen LogP contribution in [0.5, 0.6) is 5.75 Å². The Morgan fingerprint density at radius 1 is 1.00 bits per heavy atom. The van der Waals surface area contributed by atoms with Crippen molar-refractivity contribution < 1.29 is 4.74 Å². The smallest absolute Gasteiger partial charge is 0.119 e. The van der Waals surface area contributed by atoms with Crippen molar-refractivity contribution in [2.24, 2.45) is 0 Å². The molecule has 0 saturated carbocycles. The number of aryl methyl sites for hydroxylation is 1. The Balaban J connectivity index is 1.97.